The number of ether oxygens (including phenoxy) is 1. The van der Waals surface area contributed by atoms with Gasteiger partial charge in [0.1, 0.15) is 18.6 Å². The molecule has 2 atom stereocenters. The lowest BCUT2D eigenvalue weighted by Gasteiger charge is -2.15. The maximum absolute atomic E-state index is 9.46. The highest BCUT2D eigenvalue weighted by Crippen LogP contribution is 2.25. The van der Waals surface area contributed by atoms with Crippen molar-refractivity contribution in [2.24, 2.45) is 5.73 Å². The third-order valence-electron chi connectivity index (χ3n) is 1.92. The van der Waals surface area contributed by atoms with Crippen LogP contribution in [0.25, 0.3) is 0 Å². The number of nitrogens with zero attached hydrogens (tertiary/aromatic N) is 1. The molecule has 0 saturated carbocycles. The van der Waals surface area contributed by atoms with Crippen LogP contribution in [0.2, 0.25) is 0 Å². The predicted molar refractivity (Wildman–Crippen MR) is 47.3 cm³/mol. The fraction of sp³-hybridized carbons (Fsp3) is 0.375. The topological polar surface area (TPSA) is 80.4 Å². The number of aromatic nitrogens is 1. The largest absolute Gasteiger partial charge is 0.490 e. The Labute approximate surface area is 75.5 Å². The van der Waals surface area contributed by atoms with Crippen molar-refractivity contribution in [3.8, 4) is 5.75 Å². The second-order valence-corrected chi connectivity index (χ2v) is 2.94. The number of nitrogens with two attached hydrogens (primary N) is 1. The Hall–Kier alpha value is -1.33. The van der Waals surface area contributed by atoms with E-state index in [9.17, 15) is 5.11 Å². The summed E-state index contributed by atoms with van der Waals surface area (Å²) >= 11 is 0. The van der Waals surface area contributed by atoms with E-state index in [1.165, 1.54) is 0 Å². The summed E-state index contributed by atoms with van der Waals surface area (Å²) in [5, 5.41) is 12.3. The SMILES string of the molecule is N[C@H]1COc2ccncc2NC1O. The van der Waals surface area contributed by atoms with Gasteiger partial charge < -0.3 is 20.9 Å². The first-order valence-electron chi connectivity index (χ1n) is 4.04. The minimum Gasteiger partial charge on any atom is -0.490 e. The minimum absolute atomic E-state index is 0.297. The molecule has 1 aliphatic rings. The third kappa shape index (κ3) is 1.56. The molecule has 5 heteroatoms. The molecule has 2 rings (SSSR count). The van der Waals surface area contributed by atoms with Crippen LogP contribution in [0, 0.1) is 0 Å². The van der Waals surface area contributed by atoms with E-state index in [4.69, 9.17) is 10.5 Å². The molecule has 0 bridgehead atoms. The van der Waals surface area contributed by atoms with Crippen molar-refractivity contribution in [2.75, 3.05) is 11.9 Å². The first-order chi connectivity index (χ1) is 6.27. The molecule has 13 heavy (non-hydrogen) atoms. The standard InChI is InChI=1S/C8H11N3O2/c9-5-4-13-7-1-2-10-3-6(7)11-8(5)12/h1-3,5,8,11-12H,4,9H2/t5-,8?/m0/s1. The van der Waals surface area contributed by atoms with Gasteiger partial charge in [0.05, 0.1) is 17.9 Å². The minimum atomic E-state index is -0.787. The molecule has 1 aliphatic heterocycles. The smallest absolute Gasteiger partial charge is 0.145 e. The van der Waals surface area contributed by atoms with Crippen LogP contribution < -0.4 is 15.8 Å². The van der Waals surface area contributed by atoms with E-state index in [1.807, 2.05) is 0 Å². The van der Waals surface area contributed by atoms with E-state index < -0.39 is 12.3 Å². The Morgan fingerprint density at radius 1 is 1.69 bits per heavy atom. The van der Waals surface area contributed by atoms with Gasteiger partial charge in [-0.2, -0.15) is 0 Å². The van der Waals surface area contributed by atoms with Crippen molar-refractivity contribution in [3.63, 3.8) is 0 Å². The second kappa shape index (κ2) is 3.20. The quantitative estimate of drug-likeness (QED) is 0.504. The number of nitrogens with one attached hydrogen (secondary N) is 1. The second-order valence-electron chi connectivity index (χ2n) is 2.94. The van der Waals surface area contributed by atoms with Crippen LogP contribution in [-0.4, -0.2) is 29.0 Å². The number of rotatable bonds is 0. The van der Waals surface area contributed by atoms with Crippen LogP contribution in [0.5, 0.6) is 5.75 Å². The third-order valence-corrected chi connectivity index (χ3v) is 1.92. The van der Waals surface area contributed by atoms with E-state index in [0.717, 1.165) is 0 Å². The van der Waals surface area contributed by atoms with Gasteiger partial charge in [0.2, 0.25) is 0 Å². The van der Waals surface area contributed by atoms with E-state index in [0.29, 0.717) is 18.0 Å². The van der Waals surface area contributed by atoms with E-state index in [2.05, 4.69) is 10.3 Å². The van der Waals surface area contributed by atoms with Gasteiger partial charge in [-0.15, -0.1) is 0 Å². The Balaban J connectivity index is 2.29. The van der Waals surface area contributed by atoms with Crippen molar-refractivity contribution in [1.82, 2.24) is 4.98 Å². The fourth-order valence-electron chi connectivity index (χ4n) is 1.16. The summed E-state index contributed by atoms with van der Waals surface area (Å²) in [4.78, 5) is 3.90. The zero-order chi connectivity index (χ0) is 9.26. The summed E-state index contributed by atoms with van der Waals surface area (Å²) in [6.45, 7) is 0.297. The highest BCUT2D eigenvalue weighted by Gasteiger charge is 2.21. The van der Waals surface area contributed by atoms with Gasteiger partial charge >= 0.3 is 0 Å². The molecule has 0 radical (unpaired) electrons. The van der Waals surface area contributed by atoms with Gasteiger partial charge in [-0.1, -0.05) is 0 Å². The van der Waals surface area contributed by atoms with Crippen LogP contribution in [0.1, 0.15) is 0 Å². The highest BCUT2D eigenvalue weighted by molar-refractivity contribution is 5.55. The van der Waals surface area contributed by atoms with Crippen LogP contribution in [0.4, 0.5) is 5.69 Å². The predicted octanol–water partition coefficient (Wildman–Crippen LogP) is -0.468. The van der Waals surface area contributed by atoms with Crippen LogP contribution in [0.15, 0.2) is 18.5 Å². The molecule has 0 saturated heterocycles. The monoisotopic (exact) mass is 181 g/mol. The average Bonchev–Trinajstić information content (AvgIpc) is 2.28. The summed E-state index contributed by atoms with van der Waals surface area (Å²) < 4.78 is 5.34. The van der Waals surface area contributed by atoms with Gasteiger partial charge in [0.25, 0.3) is 0 Å². The van der Waals surface area contributed by atoms with Gasteiger partial charge in [0, 0.05) is 12.3 Å². The van der Waals surface area contributed by atoms with E-state index in [1.54, 1.807) is 18.5 Å². The average molecular weight is 181 g/mol. The molecule has 0 aromatic carbocycles. The molecule has 1 unspecified atom stereocenters. The maximum atomic E-state index is 9.46. The maximum Gasteiger partial charge on any atom is 0.145 e. The van der Waals surface area contributed by atoms with Crippen molar-refractivity contribution >= 4 is 5.69 Å². The molecule has 70 valence electrons. The lowest BCUT2D eigenvalue weighted by atomic mass is 10.3. The summed E-state index contributed by atoms with van der Waals surface area (Å²) in [5.74, 6) is 0.669. The Morgan fingerprint density at radius 3 is 3.38 bits per heavy atom. The highest BCUT2D eigenvalue weighted by atomic mass is 16.5. The fourth-order valence-corrected chi connectivity index (χ4v) is 1.16. The molecular weight excluding hydrogens is 170 g/mol. The van der Waals surface area contributed by atoms with E-state index in [-0.39, 0.29) is 0 Å². The van der Waals surface area contributed by atoms with Gasteiger partial charge in [0.15, 0.2) is 0 Å². The van der Waals surface area contributed by atoms with Crippen molar-refractivity contribution in [1.29, 1.82) is 0 Å². The lowest BCUT2D eigenvalue weighted by Crippen LogP contribution is -2.42. The zero-order valence-corrected chi connectivity index (χ0v) is 6.97. The molecule has 0 amide bonds. The molecule has 0 spiro atoms. The number of aliphatic hydroxyl groups is 1. The molecule has 2 heterocycles. The lowest BCUT2D eigenvalue weighted by molar-refractivity contribution is 0.146. The number of pyridine rings is 1. The number of hydrogen-bond donors (Lipinski definition) is 3. The Bertz CT molecular complexity index is 305. The molecule has 1 aromatic heterocycles. The normalized spacial score (nSPS) is 26.6. The Kier molecular flexibility index (Phi) is 2.03. The number of hydrogen-bond acceptors (Lipinski definition) is 5. The summed E-state index contributed by atoms with van der Waals surface area (Å²) in [6, 6.07) is 1.31. The number of anilines is 1. The number of fused-ring (bicyclic) bond motifs is 1. The zero-order valence-electron chi connectivity index (χ0n) is 6.97. The van der Waals surface area contributed by atoms with Gasteiger partial charge in [-0.05, 0) is 0 Å². The molecule has 4 N–H and O–H groups in total. The molecular formula is C8H11N3O2. The number of aliphatic hydroxyl groups excluding tert-OH is 1. The summed E-state index contributed by atoms with van der Waals surface area (Å²) in [7, 11) is 0. The molecule has 1 aromatic rings. The molecule has 5 nitrogen and oxygen atoms in total. The summed E-state index contributed by atoms with van der Waals surface area (Å²) in [6.07, 6.45) is 2.44. The van der Waals surface area contributed by atoms with Gasteiger partial charge in [-0.25, -0.2) is 0 Å². The first-order valence-corrected chi connectivity index (χ1v) is 4.04. The van der Waals surface area contributed by atoms with Gasteiger partial charge in [-0.3, -0.25) is 4.98 Å². The van der Waals surface area contributed by atoms with Crippen molar-refractivity contribution in [2.45, 2.75) is 12.3 Å². The Morgan fingerprint density at radius 2 is 2.54 bits per heavy atom. The van der Waals surface area contributed by atoms with Crippen molar-refractivity contribution in [3.05, 3.63) is 18.5 Å². The molecule has 0 fully saturated rings. The first kappa shape index (κ1) is 8.28. The van der Waals surface area contributed by atoms with Crippen LogP contribution in [0.3, 0.4) is 0 Å². The van der Waals surface area contributed by atoms with Crippen LogP contribution in [-0.2, 0) is 0 Å². The van der Waals surface area contributed by atoms with Crippen LogP contribution >= 0.6 is 0 Å². The van der Waals surface area contributed by atoms with E-state index >= 15 is 0 Å². The summed E-state index contributed by atoms with van der Waals surface area (Å²) in [5.41, 5.74) is 6.27. The molecule has 0 aliphatic carbocycles. The van der Waals surface area contributed by atoms with Crippen molar-refractivity contribution < 1.29 is 9.84 Å².